The van der Waals surface area contributed by atoms with Crippen LogP contribution in [0.2, 0.25) is 0 Å². The Morgan fingerprint density at radius 2 is 1.93 bits per heavy atom. The van der Waals surface area contributed by atoms with Gasteiger partial charge in [0.05, 0.1) is 7.11 Å². The lowest BCUT2D eigenvalue weighted by molar-refractivity contribution is -0.127. The standard InChI is InChI=1S/C23H30N2O3/c1-18-8-3-4-9-20(18)17-28-23-19(10-5-11-21(23)27-2)16-24-13-7-15-25-14-6-12-22(25)26/h3-5,8-11,24H,6-7,12-17H2,1-2H3. The summed E-state index contributed by atoms with van der Waals surface area (Å²) < 4.78 is 11.7. The van der Waals surface area contributed by atoms with E-state index >= 15 is 0 Å². The van der Waals surface area contributed by atoms with Crippen LogP contribution in [-0.4, -0.2) is 37.6 Å². The first-order valence-corrected chi connectivity index (χ1v) is 10.0. The Kier molecular flexibility index (Phi) is 7.31. The number of benzene rings is 2. The first kappa shape index (κ1) is 20.2. The van der Waals surface area contributed by atoms with Crippen LogP contribution in [0.25, 0.3) is 0 Å². The van der Waals surface area contributed by atoms with Crippen molar-refractivity contribution >= 4 is 5.91 Å². The van der Waals surface area contributed by atoms with Gasteiger partial charge in [-0.1, -0.05) is 36.4 Å². The van der Waals surface area contributed by atoms with Crippen LogP contribution in [0.1, 0.15) is 36.0 Å². The number of aryl methyl sites for hydroxylation is 1. The zero-order chi connectivity index (χ0) is 19.8. The highest BCUT2D eigenvalue weighted by Gasteiger charge is 2.19. The first-order valence-electron chi connectivity index (χ1n) is 10.0. The summed E-state index contributed by atoms with van der Waals surface area (Å²) in [5.74, 6) is 1.82. The summed E-state index contributed by atoms with van der Waals surface area (Å²) in [6, 6.07) is 14.2. The predicted octanol–water partition coefficient (Wildman–Crippen LogP) is 3.68. The van der Waals surface area contributed by atoms with E-state index in [0.717, 1.165) is 49.5 Å². The summed E-state index contributed by atoms with van der Waals surface area (Å²) >= 11 is 0. The number of likely N-dealkylation sites (tertiary alicyclic amines) is 1. The smallest absolute Gasteiger partial charge is 0.222 e. The zero-order valence-electron chi connectivity index (χ0n) is 16.9. The number of carbonyl (C=O) groups is 1. The van der Waals surface area contributed by atoms with E-state index in [1.807, 2.05) is 29.2 Å². The van der Waals surface area contributed by atoms with Crippen LogP contribution in [-0.2, 0) is 17.9 Å². The average Bonchev–Trinajstić information content (AvgIpc) is 3.12. The quantitative estimate of drug-likeness (QED) is 0.637. The maximum absolute atomic E-state index is 11.7. The summed E-state index contributed by atoms with van der Waals surface area (Å²) in [4.78, 5) is 13.6. The van der Waals surface area contributed by atoms with Crippen molar-refractivity contribution in [1.82, 2.24) is 10.2 Å². The molecule has 28 heavy (non-hydrogen) atoms. The lowest BCUT2D eigenvalue weighted by Crippen LogP contribution is -2.28. The van der Waals surface area contributed by atoms with Crippen molar-refractivity contribution in [2.45, 2.75) is 39.3 Å². The number of amides is 1. The Labute approximate surface area is 167 Å². The maximum atomic E-state index is 11.7. The maximum Gasteiger partial charge on any atom is 0.222 e. The molecule has 2 aromatic carbocycles. The van der Waals surface area contributed by atoms with Crippen molar-refractivity contribution in [1.29, 1.82) is 0 Å². The Balaban J connectivity index is 1.55. The number of rotatable bonds is 10. The first-order chi connectivity index (χ1) is 13.7. The average molecular weight is 383 g/mol. The predicted molar refractivity (Wildman–Crippen MR) is 111 cm³/mol. The van der Waals surface area contributed by atoms with Gasteiger partial charge in [-0.05, 0) is 43.5 Å². The van der Waals surface area contributed by atoms with Gasteiger partial charge in [-0.3, -0.25) is 4.79 Å². The van der Waals surface area contributed by atoms with Gasteiger partial charge in [0.15, 0.2) is 11.5 Å². The zero-order valence-corrected chi connectivity index (χ0v) is 16.9. The molecule has 0 spiro atoms. The molecule has 1 aliphatic heterocycles. The van der Waals surface area contributed by atoms with Crippen LogP contribution in [0.4, 0.5) is 0 Å². The molecular weight excluding hydrogens is 352 g/mol. The van der Waals surface area contributed by atoms with E-state index in [1.54, 1.807) is 7.11 Å². The lowest BCUT2D eigenvalue weighted by Gasteiger charge is -2.17. The molecule has 0 atom stereocenters. The molecule has 3 rings (SSSR count). The molecular formula is C23H30N2O3. The second kappa shape index (κ2) is 10.1. The number of carbonyl (C=O) groups excluding carboxylic acids is 1. The topological polar surface area (TPSA) is 50.8 Å². The molecule has 1 saturated heterocycles. The molecule has 1 aliphatic rings. The van der Waals surface area contributed by atoms with E-state index in [1.165, 1.54) is 11.1 Å². The number of methoxy groups -OCH3 is 1. The van der Waals surface area contributed by atoms with E-state index in [-0.39, 0.29) is 0 Å². The fourth-order valence-electron chi connectivity index (χ4n) is 3.51. The third-order valence-electron chi connectivity index (χ3n) is 5.18. The summed E-state index contributed by atoms with van der Waals surface area (Å²) in [7, 11) is 1.67. The number of nitrogens with zero attached hydrogens (tertiary/aromatic N) is 1. The Bertz CT molecular complexity index is 791. The van der Waals surface area contributed by atoms with Crippen molar-refractivity contribution in [2.75, 3.05) is 26.7 Å². The number of para-hydroxylation sites is 1. The lowest BCUT2D eigenvalue weighted by atomic mass is 10.1. The molecule has 0 radical (unpaired) electrons. The molecule has 1 fully saturated rings. The highest BCUT2D eigenvalue weighted by molar-refractivity contribution is 5.77. The molecule has 1 amide bonds. The van der Waals surface area contributed by atoms with Crippen LogP contribution in [0, 0.1) is 6.92 Å². The van der Waals surface area contributed by atoms with E-state index < -0.39 is 0 Å². The Morgan fingerprint density at radius 1 is 1.11 bits per heavy atom. The van der Waals surface area contributed by atoms with Crippen LogP contribution >= 0.6 is 0 Å². The minimum Gasteiger partial charge on any atom is -0.493 e. The Hall–Kier alpha value is -2.53. The molecule has 5 heteroatoms. The number of hydrogen-bond acceptors (Lipinski definition) is 4. The van der Waals surface area contributed by atoms with Crippen LogP contribution < -0.4 is 14.8 Å². The van der Waals surface area contributed by atoms with Gasteiger partial charge in [0.1, 0.15) is 6.61 Å². The van der Waals surface area contributed by atoms with Gasteiger partial charge in [0.2, 0.25) is 5.91 Å². The molecule has 2 aromatic rings. The number of nitrogens with one attached hydrogen (secondary N) is 1. The number of hydrogen-bond donors (Lipinski definition) is 1. The molecule has 5 nitrogen and oxygen atoms in total. The van der Waals surface area contributed by atoms with Gasteiger partial charge in [-0.15, -0.1) is 0 Å². The van der Waals surface area contributed by atoms with E-state index in [0.29, 0.717) is 25.5 Å². The van der Waals surface area contributed by atoms with Crippen LogP contribution in [0.3, 0.4) is 0 Å². The Morgan fingerprint density at radius 3 is 2.68 bits per heavy atom. The van der Waals surface area contributed by atoms with Gasteiger partial charge >= 0.3 is 0 Å². The third kappa shape index (κ3) is 5.26. The molecule has 0 saturated carbocycles. The fourth-order valence-corrected chi connectivity index (χ4v) is 3.51. The SMILES string of the molecule is COc1cccc(CNCCCN2CCCC2=O)c1OCc1ccccc1C. The monoisotopic (exact) mass is 382 g/mol. The van der Waals surface area contributed by atoms with Crippen molar-refractivity contribution < 1.29 is 14.3 Å². The van der Waals surface area contributed by atoms with E-state index in [4.69, 9.17) is 9.47 Å². The summed E-state index contributed by atoms with van der Waals surface area (Å²) in [6.45, 7) is 5.91. The molecule has 150 valence electrons. The summed E-state index contributed by atoms with van der Waals surface area (Å²) in [5.41, 5.74) is 3.46. The highest BCUT2D eigenvalue weighted by atomic mass is 16.5. The second-order valence-electron chi connectivity index (χ2n) is 7.18. The second-order valence-corrected chi connectivity index (χ2v) is 7.18. The molecule has 1 heterocycles. The van der Waals surface area contributed by atoms with Gasteiger partial charge in [-0.2, -0.15) is 0 Å². The van der Waals surface area contributed by atoms with Crippen molar-refractivity contribution in [3.63, 3.8) is 0 Å². The highest BCUT2D eigenvalue weighted by Crippen LogP contribution is 2.32. The van der Waals surface area contributed by atoms with Crippen LogP contribution in [0.15, 0.2) is 42.5 Å². The van der Waals surface area contributed by atoms with E-state index in [2.05, 4.69) is 30.4 Å². The van der Waals surface area contributed by atoms with Gasteiger partial charge in [0.25, 0.3) is 0 Å². The molecule has 0 unspecified atom stereocenters. The summed E-state index contributed by atoms with van der Waals surface area (Å²) in [5, 5.41) is 3.47. The minimum atomic E-state index is 0.291. The summed E-state index contributed by atoms with van der Waals surface area (Å²) in [6.07, 6.45) is 2.66. The van der Waals surface area contributed by atoms with Crippen molar-refractivity contribution in [3.05, 3.63) is 59.2 Å². The van der Waals surface area contributed by atoms with Gasteiger partial charge in [-0.25, -0.2) is 0 Å². The van der Waals surface area contributed by atoms with Crippen LogP contribution in [0.5, 0.6) is 11.5 Å². The molecule has 0 bridgehead atoms. The van der Waals surface area contributed by atoms with E-state index in [9.17, 15) is 4.79 Å². The third-order valence-corrected chi connectivity index (χ3v) is 5.18. The van der Waals surface area contributed by atoms with Gasteiger partial charge < -0.3 is 19.7 Å². The molecule has 0 aliphatic carbocycles. The number of ether oxygens (including phenoxy) is 2. The molecule has 1 N–H and O–H groups in total. The molecule has 0 aromatic heterocycles. The minimum absolute atomic E-state index is 0.291. The van der Waals surface area contributed by atoms with Crippen molar-refractivity contribution in [3.8, 4) is 11.5 Å². The fraction of sp³-hybridized carbons (Fsp3) is 0.435. The largest absolute Gasteiger partial charge is 0.493 e. The normalized spacial score (nSPS) is 13.8. The van der Waals surface area contributed by atoms with Gasteiger partial charge in [0, 0.05) is 31.6 Å². The van der Waals surface area contributed by atoms with Crippen molar-refractivity contribution in [2.24, 2.45) is 0 Å².